The molecule has 200 valence electrons. The summed E-state index contributed by atoms with van der Waals surface area (Å²) in [6, 6.07) is 1.70. The van der Waals surface area contributed by atoms with Gasteiger partial charge >= 0.3 is 6.36 Å². The number of Topliss-reactive ketones (excluding diaryl/α,β-unsaturated/α-hetero) is 1. The van der Waals surface area contributed by atoms with Crippen molar-refractivity contribution in [3.05, 3.63) is 63.7 Å². The minimum atomic E-state index is -4.98. The number of nitrogens with zero attached hydrogens (tertiary/aromatic N) is 3. The van der Waals surface area contributed by atoms with Crippen molar-refractivity contribution in [2.24, 2.45) is 0 Å². The van der Waals surface area contributed by atoms with Crippen molar-refractivity contribution < 1.29 is 45.5 Å². The van der Waals surface area contributed by atoms with E-state index < -0.39 is 82.8 Å². The highest BCUT2D eigenvalue weighted by atomic mass is 19.4. The van der Waals surface area contributed by atoms with E-state index in [2.05, 4.69) is 15.0 Å². The topological polar surface area (TPSA) is 111 Å². The van der Waals surface area contributed by atoms with Crippen LogP contribution in [-0.2, 0) is 14.3 Å². The first-order chi connectivity index (χ1) is 17.7. The number of rotatable bonds is 6. The number of amides is 2. The number of fused-ring (bicyclic) bond motifs is 1. The summed E-state index contributed by atoms with van der Waals surface area (Å²) in [4.78, 5) is 54.8. The van der Waals surface area contributed by atoms with Crippen molar-refractivity contribution in [1.82, 2.24) is 14.9 Å². The fourth-order valence-corrected chi connectivity index (χ4v) is 3.80. The first kappa shape index (κ1) is 26.8. The van der Waals surface area contributed by atoms with E-state index in [1.54, 1.807) is 0 Å². The van der Waals surface area contributed by atoms with Crippen LogP contribution in [0, 0.1) is 17.5 Å². The monoisotopic (exact) mass is 542 g/mol. The zero-order valence-corrected chi connectivity index (χ0v) is 19.2. The molecule has 1 fully saturated rings. The molecule has 3 aromatic rings. The second kappa shape index (κ2) is 9.89. The van der Waals surface area contributed by atoms with Crippen LogP contribution in [0.25, 0.3) is 16.7 Å². The van der Waals surface area contributed by atoms with Crippen molar-refractivity contribution in [3.8, 4) is 5.69 Å². The Labute approximate surface area is 208 Å². The lowest BCUT2D eigenvalue weighted by Gasteiger charge is -2.19. The number of carbonyl (C=O) groups is 3. The van der Waals surface area contributed by atoms with Gasteiger partial charge in [0, 0.05) is 18.3 Å². The van der Waals surface area contributed by atoms with Crippen LogP contribution in [0.2, 0.25) is 0 Å². The number of ketones is 1. The molecule has 38 heavy (non-hydrogen) atoms. The van der Waals surface area contributed by atoms with Crippen LogP contribution in [0.15, 0.2) is 35.3 Å². The Hall–Kier alpha value is -4.27. The van der Waals surface area contributed by atoms with E-state index in [-0.39, 0.29) is 17.7 Å². The Kier molecular flexibility index (Phi) is 6.97. The Morgan fingerprint density at radius 1 is 1.13 bits per heavy atom. The molecule has 1 aliphatic rings. The molecule has 0 aliphatic carbocycles. The van der Waals surface area contributed by atoms with Gasteiger partial charge in [0.25, 0.3) is 5.91 Å². The fourth-order valence-electron chi connectivity index (χ4n) is 3.80. The minimum Gasteiger partial charge on any atom is -0.347 e. The lowest BCUT2D eigenvalue weighted by molar-refractivity contribution is -0.325. The number of pyridine rings is 2. The van der Waals surface area contributed by atoms with E-state index >= 15 is 0 Å². The van der Waals surface area contributed by atoms with Crippen LogP contribution in [0.4, 0.5) is 32.2 Å². The van der Waals surface area contributed by atoms with Crippen molar-refractivity contribution in [2.45, 2.75) is 25.7 Å². The number of anilines is 1. The molecular formula is C23H16F6N4O5. The maximum atomic E-state index is 14.8. The fraction of sp³-hybridized carbons (Fsp3) is 0.261. The van der Waals surface area contributed by atoms with Gasteiger partial charge in [-0.05, 0) is 19.1 Å². The van der Waals surface area contributed by atoms with E-state index in [9.17, 15) is 45.5 Å². The van der Waals surface area contributed by atoms with Crippen molar-refractivity contribution in [1.29, 1.82) is 0 Å². The molecule has 3 heterocycles. The summed E-state index contributed by atoms with van der Waals surface area (Å²) in [5, 5.41) is 1.75. The van der Waals surface area contributed by atoms with Gasteiger partial charge in [0.1, 0.15) is 22.9 Å². The average molecular weight is 542 g/mol. The first-order valence-corrected chi connectivity index (χ1v) is 10.8. The molecular weight excluding hydrogens is 526 g/mol. The van der Waals surface area contributed by atoms with Gasteiger partial charge in [-0.2, -0.15) is 0 Å². The van der Waals surface area contributed by atoms with Crippen LogP contribution in [0.1, 0.15) is 23.7 Å². The van der Waals surface area contributed by atoms with Crippen LogP contribution in [-0.4, -0.2) is 52.7 Å². The predicted molar refractivity (Wildman–Crippen MR) is 118 cm³/mol. The highest BCUT2D eigenvalue weighted by molar-refractivity contribution is 6.14. The molecule has 0 saturated carbocycles. The summed E-state index contributed by atoms with van der Waals surface area (Å²) in [5.41, 5.74) is -3.13. The standard InChI is InChI=1S/C23H16F6N4O5/c1-10(9-38-23(27,28)29)30-22(37)14-8-33(19-15(25)4-11(24)5-16(19)26)21-13(20(14)36)2-3-17(31-21)32-7-12(34)6-18(32)35/h2-5,8,10H,6-7,9H2,1H3,(H,30,37)/t10-/m0/s1. The molecule has 2 aromatic heterocycles. The largest absolute Gasteiger partial charge is 0.522 e. The maximum Gasteiger partial charge on any atom is 0.522 e. The second-order valence-corrected chi connectivity index (χ2v) is 8.33. The van der Waals surface area contributed by atoms with E-state index in [1.807, 2.05) is 0 Å². The lowest BCUT2D eigenvalue weighted by atomic mass is 10.1. The Bertz CT molecular complexity index is 1510. The molecule has 9 nitrogen and oxygen atoms in total. The third kappa shape index (κ3) is 5.37. The van der Waals surface area contributed by atoms with Gasteiger partial charge in [-0.25, -0.2) is 18.2 Å². The van der Waals surface area contributed by atoms with Gasteiger partial charge in [0.2, 0.25) is 11.3 Å². The number of aromatic nitrogens is 2. The summed E-state index contributed by atoms with van der Waals surface area (Å²) in [5.74, 6) is -6.51. The highest BCUT2D eigenvalue weighted by Crippen LogP contribution is 2.26. The number of nitrogens with one attached hydrogen (secondary N) is 1. The van der Waals surface area contributed by atoms with Crippen LogP contribution >= 0.6 is 0 Å². The van der Waals surface area contributed by atoms with E-state index in [0.29, 0.717) is 22.9 Å². The molecule has 0 bridgehead atoms. The molecule has 0 spiro atoms. The number of hydrogen-bond acceptors (Lipinski definition) is 6. The molecule has 1 aromatic carbocycles. The third-order valence-electron chi connectivity index (χ3n) is 5.44. The lowest BCUT2D eigenvalue weighted by Crippen LogP contribution is -2.39. The molecule has 2 amide bonds. The number of alkyl halides is 3. The van der Waals surface area contributed by atoms with Crippen molar-refractivity contribution >= 4 is 34.4 Å². The Balaban J connectivity index is 1.87. The summed E-state index contributed by atoms with van der Waals surface area (Å²) < 4.78 is 84.3. The highest BCUT2D eigenvalue weighted by Gasteiger charge is 2.32. The molecule has 1 aliphatic heterocycles. The van der Waals surface area contributed by atoms with E-state index in [1.165, 1.54) is 6.07 Å². The van der Waals surface area contributed by atoms with Gasteiger partial charge in [0.15, 0.2) is 23.1 Å². The normalized spacial score (nSPS) is 14.9. The van der Waals surface area contributed by atoms with Gasteiger partial charge < -0.3 is 5.32 Å². The number of benzene rings is 1. The molecule has 4 rings (SSSR count). The number of hydrogen-bond donors (Lipinski definition) is 1. The third-order valence-corrected chi connectivity index (χ3v) is 5.44. The van der Waals surface area contributed by atoms with Gasteiger partial charge in [0.05, 0.1) is 31.0 Å². The van der Waals surface area contributed by atoms with Gasteiger partial charge in [-0.3, -0.25) is 33.4 Å². The van der Waals surface area contributed by atoms with E-state index in [4.69, 9.17) is 0 Å². The number of carbonyl (C=O) groups excluding carboxylic acids is 3. The summed E-state index contributed by atoms with van der Waals surface area (Å²) in [6.45, 7) is -0.171. The maximum absolute atomic E-state index is 14.8. The minimum absolute atomic E-state index is 0.139. The summed E-state index contributed by atoms with van der Waals surface area (Å²) in [6.07, 6.45) is -4.69. The van der Waals surface area contributed by atoms with Gasteiger partial charge in [-0.1, -0.05) is 0 Å². The molecule has 1 atom stereocenters. The summed E-state index contributed by atoms with van der Waals surface area (Å²) in [7, 11) is 0. The zero-order valence-electron chi connectivity index (χ0n) is 19.2. The number of ether oxygens (including phenoxy) is 1. The van der Waals surface area contributed by atoms with Crippen LogP contribution in [0.3, 0.4) is 0 Å². The molecule has 15 heteroatoms. The number of halogens is 6. The molecule has 1 saturated heterocycles. The van der Waals surface area contributed by atoms with Gasteiger partial charge in [-0.15, -0.1) is 13.2 Å². The Morgan fingerprint density at radius 2 is 1.79 bits per heavy atom. The smallest absolute Gasteiger partial charge is 0.347 e. The zero-order chi connectivity index (χ0) is 27.9. The van der Waals surface area contributed by atoms with E-state index in [0.717, 1.165) is 17.9 Å². The Morgan fingerprint density at radius 3 is 2.37 bits per heavy atom. The van der Waals surface area contributed by atoms with Crippen LogP contribution in [0.5, 0.6) is 0 Å². The molecule has 0 unspecified atom stereocenters. The quantitative estimate of drug-likeness (QED) is 0.379. The molecule has 0 radical (unpaired) electrons. The summed E-state index contributed by atoms with van der Waals surface area (Å²) >= 11 is 0. The van der Waals surface area contributed by atoms with Crippen molar-refractivity contribution in [3.63, 3.8) is 0 Å². The van der Waals surface area contributed by atoms with Crippen molar-refractivity contribution in [2.75, 3.05) is 18.1 Å². The first-order valence-electron chi connectivity index (χ1n) is 10.8. The second-order valence-electron chi connectivity index (χ2n) is 8.33. The average Bonchev–Trinajstić information content (AvgIpc) is 3.15. The van der Waals surface area contributed by atoms with Crippen LogP contribution < -0.4 is 15.6 Å². The molecule has 1 N–H and O–H groups in total. The predicted octanol–water partition coefficient (Wildman–Crippen LogP) is 2.76. The SMILES string of the molecule is C[C@@H](COC(F)(F)F)NC(=O)c1cn(-c2c(F)cc(F)cc2F)c2nc(N3CC(=O)CC3=O)ccc2c1=O.